The maximum Gasteiger partial charge on any atom is 0.323 e. The van der Waals surface area contributed by atoms with E-state index in [-0.39, 0.29) is 22.8 Å². The summed E-state index contributed by atoms with van der Waals surface area (Å²) in [5, 5.41) is 17.0. The normalized spacial score (nSPS) is 17.2. The molecule has 2 N–H and O–H groups in total. The number of nitrogens with zero attached hydrogens (tertiary/aromatic N) is 2. The van der Waals surface area contributed by atoms with Crippen molar-refractivity contribution in [1.29, 1.82) is 0 Å². The minimum atomic E-state index is -0.504. The summed E-state index contributed by atoms with van der Waals surface area (Å²) in [7, 11) is 3.18. The molecular weight excluding hydrogens is 288 g/mol. The Hall–Kier alpha value is -1.93. The summed E-state index contributed by atoms with van der Waals surface area (Å²) in [5.41, 5.74) is 0.209. The molecule has 1 aromatic rings. The molecular formula is C14H22N4O4. The summed E-state index contributed by atoms with van der Waals surface area (Å²) in [6.45, 7) is 2.88. The molecule has 0 spiro atoms. The first kappa shape index (κ1) is 16.4. The van der Waals surface area contributed by atoms with Crippen LogP contribution in [-0.2, 0) is 11.8 Å². The van der Waals surface area contributed by atoms with Gasteiger partial charge >= 0.3 is 5.82 Å². The molecule has 0 aromatic carbocycles. The fraction of sp³-hybridized carbons (Fsp3) is 0.643. The van der Waals surface area contributed by atoms with Gasteiger partial charge < -0.3 is 25.5 Å². The molecule has 2 heterocycles. The Morgan fingerprint density at radius 2 is 2.18 bits per heavy atom. The van der Waals surface area contributed by atoms with E-state index in [9.17, 15) is 14.9 Å². The number of ether oxygens (including phenoxy) is 1. The van der Waals surface area contributed by atoms with Crippen molar-refractivity contribution in [1.82, 2.24) is 15.2 Å². The van der Waals surface area contributed by atoms with E-state index in [1.807, 2.05) is 0 Å². The van der Waals surface area contributed by atoms with Crippen LogP contribution in [0.1, 0.15) is 23.3 Å². The molecule has 0 bridgehead atoms. The van der Waals surface area contributed by atoms with Crippen molar-refractivity contribution < 1.29 is 14.5 Å². The van der Waals surface area contributed by atoms with E-state index in [1.165, 1.54) is 23.7 Å². The smallest absolute Gasteiger partial charge is 0.323 e. The standard InChI is InChI=1S/C14H22N4O4/c1-17-11(3-4-12(17)18(20)21)13(19)16-9-14(10-22-2)5-7-15-8-6-14/h3-4,15H,5-10H2,1-2H3,(H,16,19). The number of rotatable bonds is 6. The van der Waals surface area contributed by atoms with Crippen molar-refractivity contribution in [3.63, 3.8) is 0 Å². The second kappa shape index (κ2) is 6.89. The average molecular weight is 310 g/mol. The first-order valence-corrected chi connectivity index (χ1v) is 7.27. The Balaban J connectivity index is 2.03. The van der Waals surface area contributed by atoms with Gasteiger partial charge in [0.25, 0.3) is 5.91 Å². The van der Waals surface area contributed by atoms with Crippen LogP contribution in [0.3, 0.4) is 0 Å². The van der Waals surface area contributed by atoms with E-state index in [0.29, 0.717) is 13.2 Å². The van der Waals surface area contributed by atoms with Gasteiger partial charge in [0.15, 0.2) is 5.69 Å². The first-order chi connectivity index (χ1) is 10.5. The van der Waals surface area contributed by atoms with Crippen molar-refractivity contribution in [2.45, 2.75) is 12.8 Å². The number of piperidine rings is 1. The lowest BCUT2D eigenvalue weighted by molar-refractivity contribution is -0.391. The van der Waals surface area contributed by atoms with Gasteiger partial charge in [-0.15, -0.1) is 0 Å². The summed E-state index contributed by atoms with van der Waals surface area (Å²) in [4.78, 5) is 22.6. The molecule has 1 fully saturated rings. The molecule has 0 radical (unpaired) electrons. The van der Waals surface area contributed by atoms with Crippen molar-refractivity contribution in [3.05, 3.63) is 27.9 Å². The molecule has 0 atom stereocenters. The van der Waals surface area contributed by atoms with Crippen LogP contribution in [0.25, 0.3) is 0 Å². The minimum absolute atomic E-state index is 0.0766. The van der Waals surface area contributed by atoms with Gasteiger partial charge in [0.05, 0.1) is 13.7 Å². The van der Waals surface area contributed by atoms with Crippen LogP contribution >= 0.6 is 0 Å². The number of nitrogens with one attached hydrogen (secondary N) is 2. The van der Waals surface area contributed by atoms with Gasteiger partial charge in [-0.05, 0) is 36.9 Å². The zero-order chi connectivity index (χ0) is 16.2. The number of carbonyl (C=O) groups excluding carboxylic acids is 1. The number of amides is 1. The number of hydrogen-bond acceptors (Lipinski definition) is 5. The third-order valence-corrected chi connectivity index (χ3v) is 4.25. The molecule has 22 heavy (non-hydrogen) atoms. The second-order valence-corrected chi connectivity index (χ2v) is 5.76. The summed E-state index contributed by atoms with van der Waals surface area (Å²) in [5.74, 6) is -0.400. The summed E-state index contributed by atoms with van der Waals surface area (Å²) < 4.78 is 6.60. The van der Waals surface area contributed by atoms with Gasteiger partial charge in [0.2, 0.25) is 0 Å². The summed E-state index contributed by atoms with van der Waals surface area (Å²) in [6.07, 6.45) is 1.85. The molecule has 2 rings (SSSR count). The van der Waals surface area contributed by atoms with E-state index in [1.54, 1.807) is 7.11 Å². The highest BCUT2D eigenvalue weighted by molar-refractivity contribution is 5.93. The Kier molecular flexibility index (Phi) is 5.15. The van der Waals surface area contributed by atoms with Crippen LogP contribution < -0.4 is 10.6 Å². The molecule has 1 aliphatic rings. The number of methoxy groups -OCH3 is 1. The van der Waals surface area contributed by atoms with E-state index in [2.05, 4.69) is 10.6 Å². The molecule has 0 aliphatic carbocycles. The predicted molar refractivity (Wildman–Crippen MR) is 80.8 cm³/mol. The largest absolute Gasteiger partial charge is 0.384 e. The van der Waals surface area contributed by atoms with Crippen LogP contribution in [0.5, 0.6) is 0 Å². The first-order valence-electron chi connectivity index (χ1n) is 7.27. The molecule has 1 saturated heterocycles. The van der Waals surface area contributed by atoms with E-state index in [0.717, 1.165) is 25.9 Å². The molecule has 0 unspecified atom stereocenters. The molecule has 1 aliphatic heterocycles. The molecule has 1 amide bonds. The van der Waals surface area contributed by atoms with Gasteiger partial charge in [-0.1, -0.05) is 0 Å². The number of hydrogen-bond donors (Lipinski definition) is 2. The van der Waals surface area contributed by atoms with Gasteiger partial charge in [0, 0.05) is 25.1 Å². The monoisotopic (exact) mass is 310 g/mol. The summed E-state index contributed by atoms with van der Waals surface area (Å²) >= 11 is 0. The zero-order valence-corrected chi connectivity index (χ0v) is 12.9. The molecule has 8 heteroatoms. The quantitative estimate of drug-likeness (QED) is 0.595. The molecule has 8 nitrogen and oxygen atoms in total. The number of nitro groups is 1. The third kappa shape index (κ3) is 3.45. The SMILES string of the molecule is COCC1(CNC(=O)c2ccc([N+](=O)[O-])n2C)CCNCC1. The van der Waals surface area contributed by atoms with Crippen LogP contribution in [0.4, 0.5) is 5.82 Å². The highest BCUT2D eigenvalue weighted by Crippen LogP contribution is 2.28. The highest BCUT2D eigenvalue weighted by Gasteiger charge is 2.33. The summed E-state index contributed by atoms with van der Waals surface area (Å²) in [6, 6.07) is 2.81. The lowest BCUT2D eigenvalue weighted by atomic mass is 9.79. The Bertz CT molecular complexity index is 544. The zero-order valence-electron chi connectivity index (χ0n) is 12.9. The minimum Gasteiger partial charge on any atom is -0.384 e. The fourth-order valence-corrected chi connectivity index (χ4v) is 2.91. The van der Waals surface area contributed by atoms with Gasteiger partial charge in [-0.3, -0.25) is 4.79 Å². The van der Waals surface area contributed by atoms with E-state index in [4.69, 9.17) is 4.74 Å². The average Bonchev–Trinajstić information content (AvgIpc) is 2.88. The third-order valence-electron chi connectivity index (χ3n) is 4.25. The maximum atomic E-state index is 12.3. The topological polar surface area (TPSA) is 98.4 Å². The Labute approximate surface area is 129 Å². The predicted octanol–water partition coefficient (Wildman–Crippen LogP) is 0.679. The molecule has 122 valence electrons. The molecule has 1 aromatic heterocycles. The fourth-order valence-electron chi connectivity index (χ4n) is 2.91. The van der Waals surface area contributed by atoms with Crippen LogP contribution in [-0.4, -0.2) is 48.7 Å². The van der Waals surface area contributed by atoms with Crippen molar-refractivity contribution in [3.8, 4) is 0 Å². The van der Waals surface area contributed by atoms with Gasteiger partial charge in [0.1, 0.15) is 0 Å². The van der Waals surface area contributed by atoms with Gasteiger partial charge in [-0.25, -0.2) is 4.57 Å². The van der Waals surface area contributed by atoms with Crippen molar-refractivity contribution in [2.75, 3.05) is 33.4 Å². The van der Waals surface area contributed by atoms with Crippen molar-refractivity contribution >= 4 is 11.7 Å². The van der Waals surface area contributed by atoms with Crippen LogP contribution in [0.15, 0.2) is 12.1 Å². The Morgan fingerprint density at radius 3 is 2.73 bits per heavy atom. The maximum absolute atomic E-state index is 12.3. The van der Waals surface area contributed by atoms with Crippen molar-refractivity contribution in [2.24, 2.45) is 12.5 Å². The van der Waals surface area contributed by atoms with Gasteiger partial charge in [-0.2, -0.15) is 0 Å². The number of carbonyl (C=O) groups is 1. The van der Waals surface area contributed by atoms with Crippen LogP contribution in [0.2, 0.25) is 0 Å². The highest BCUT2D eigenvalue weighted by atomic mass is 16.6. The lowest BCUT2D eigenvalue weighted by Crippen LogP contribution is -2.47. The lowest BCUT2D eigenvalue weighted by Gasteiger charge is -2.37. The van der Waals surface area contributed by atoms with E-state index < -0.39 is 4.92 Å². The number of aromatic nitrogens is 1. The molecule has 0 saturated carbocycles. The second-order valence-electron chi connectivity index (χ2n) is 5.76. The van der Waals surface area contributed by atoms with E-state index >= 15 is 0 Å². The van der Waals surface area contributed by atoms with Crippen LogP contribution in [0, 0.1) is 15.5 Å². The Morgan fingerprint density at radius 1 is 1.50 bits per heavy atom.